The second-order valence-corrected chi connectivity index (χ2v) is 13.7. The third-order valence-electron chi connectivity index (χ3n) is 10.3. The molecule has 4 aliphatic heterocycles. The number of hydrogen-bond acceptors (Lipinski definition) is 6. The van der Waals surface area contributed by atoms with Crippen LogP contribution < -0.4 is 9.64 Å². The summed E-state index contributed by atoms with van der Waals surface area (Å²) in [6.45, 7) is 8.94. The summed E-state index contributed by atoms with van der Waals surface area (Å²) in [7, 11) is 0. The summed E-state index contributed by atoms with van der Waals surface area (Å²) >= 11 is 0. The van der Waals surface area contributed by atoms with Crippen LogP contribution in [0.3, 0.4) is 0 Å². The zero-order chi connectivity index (χ0) is 31.2. The average Bonchev–Trinajstić information content (AvgIpc) is 3.28. The predicted octanol–water partition coefficient (Wildman–Crippen LogP) is 4.10. The van der Waals surface area contributed by atoms with Gasteiger partial charge < -0.3 is 29.3 Å². The van der Waals surface area contributed by atoms with Crippen LogP contribution in [0.5, 0.6) is 5.75 Å². The number of carbonyl (C=O) groups is 3. The minimum absolute atomic E-state index is 0.101. The van der Waals surface area contributed by atoms with Gasteiger partial charge in [0.2, 0.25) is 17.7 Å². The maximum atomic E-state index is 14.8. The molecule has 238 valence electrons. The van der Waals surface area contributed by atoms with Crippen molar-refractivity contribution in [1.29, 1.82) is 0 Å². The van der Waals surface area contributed by atoms with Crippen LogP contribution in [-0.4, -0.2) is 88.3 Å². The van der Waals surface area contributed by atoms with Crippen LogP contribution in [0.25, 0.3) is 0 Å². The molecule has 3 fully saturated rings. The second kappa shape index (κ2) is 12.0. The molecule has 9 heteroatoms. The number of benzene rings is 1. The van der Waals surface area contributed by atoms with Crippen molar-refractivity contribution in [2.24, 2.45) is 17.8 Å². The Morgan fingerprint density at radius 1 is 0.955 bits per heavy atom. The summed E-state index contributed by atoms with van der Waals surface area (Å²) in [4.78, 5) is 49.5. The molecule has 0 radical (unpaired) electrons. The van der Waals surface area contributed by atoms with Gasteiger partial charge in [-0.25, -0.2) is 0 Å². The Morgan fingerprint density at radius 2 is 1.66 bits per heavy atom. The van der Waals surface area contributed by atoms with Gasteiger partial charge in [-0.05, 0) is 63.3 Å². The van der Waals surface area contributed by atoms with Gasteiger partial charge in [-0.1, -0.05) is 57.4 Å². The van der Waals surface area contributed by atoms with Crippen LogP contribution in [0, 0.1) is 17.8 Å². The van der Waals surface area contributed by atoms with E-state index in [-0.39, 0.29) is 36.3 Å². The Hall–Kier alpha value is -3.17. The zero-order valence-corrected chi connectivity index (χ0v) is 26.5. The van der Waals surface area contributed by atoms with Crippen LogP contribution in [0.15, 0.2) is 48.6 Å². The Labute approximate surface area is 260 Å². The number of rotatable bonds is 8. The molecular formula is C35H47N3O6. The van der Waals surface area contributed by atoms with E-state index in [0.29, 0.717) is 31.8 Å². The summed E-state index contributed by atoms with van der Waals surface area (Å²) in [5, 5.41) is 10.6. The van der Waals surface area contributed by atoms with Crippen molar-refractivity contribution in [3.05, 3.63) is 48.6 Å². The van der Waals surface area contributed by atoms with Crippen molar-refractivity contribution in [2.45, 2.75) is 95.5 Å². The lowest BCUT2D eigenvalue weighted by atomic mass is 9.74. The molecule has 3 amide bonds. The number of nitrogens with zero attached hydrogens (tertiary/aromatic N) is 3. The average molecular weight is 606 g/mol. The van der Waals surface area contributed by atoms with Gasteiger partial charge in [0.25, 0.3) is 0 Å². The van der Waals surface area contributed by atoms with Crippen molar-refractivity contribution in [3.63, 3.8) is 0 Å². The number of fused-ring (bicyclic) bond motifs is 2. The minimum Gasteiger partial charge on any atom is -0.494 e. The van der Waals surface area contributed by atoms with Crippen molar-refractivity contribution < 1.29 is 29.0 Å². The van der Waals surface area contributed by atoms with E-state index in [1.807, 2.05) is 81.2 Å². The van der Waals surface area contributed by atoms with Crippen molar-refractivity contribution >= 4 is 23.4 Å². The highest BCUT2D eigenvalue weighted by atomic mass is 16.5. The number of aliphatic hydroxyl groups excluding tert-OH is 1. The van der Waals surface area contributed by atoms with E-state index in [9.17, 15) is 19.5 Å². The molecule has 1 aliphatic carbocycles. The van der Waals surface area contributed by atoms with E-state index in [1.165, 1.54) is 0 Å². The van der Waals surface area contributed by atoms with Gasteiger partial charge in [-0.2, -0.15) is 0 Å². The highest BCUT2D eigenvalue weighted by molar-refractivity contribution is 6.04. The topological polar surface area (TPSA) is 99.6 Å². The zero-order valence-electron chi connectivity index (χ0n) is 26.5. The summed E-state index contributed by atoms with van der Waals surface area (Å²) in [6, 6.07) is 5.98. The van der Waals surface area contributed by atoms with E-state index < -0.39 is 35.1 Å². The summed E-state index contributed by atoms with van der Waals surface area (Å²) in [6.07, 6.45) is 13.4. The number of hydrogen-bond donors (Lipinski definition) is 1. The van der Waals surface area contributed by atoms with Gasteiger partial charge in [-0.15, -0.1) is 0 Å². The van der Waals surface area contributed by atoms with Gasteiger partial charge in [0.15, 0.2) is 0 Å². The number of amides is 3. The first-order valence-electron chi connectivity index (χ1n) is 16.5. The van der Waals surface area contributed by atoms with Gasteiger partial charge in [0.05, 0.1) is 36.7 Å². The molecule has 1 aromatic carbocycles. The predicted molar refractivity (Wildman–Crippen MR) is 167 cm³/mol. The number of likely N-dealkylation sites (tertiary alicyclic amines) is 1. The van der Waals surface area contributed by atoms with Crippen LogP contribution in [0.1, 0.15) is 66.2 Å². The quantitative estimate of drug-likeness (QED) is 0.448. The van der Waals surface area contributed by atoms with Crippen LogP contribution in [0.2, 0.25) is 0 Å². The highest BCUT2D eigenvalue weighted by Gasteiger charge is 2.75. The molecular weight excluding hydrogens is 558 g/mol. The molecule has 1 aromatic rings. The Kier molecular flexibility index (Phi) is 8.39. The molecule has 1 saturated carbocycles. The van der Waals surface area contributed by atoms with Crippen molar-refractivity contribution in [2.75, 3.05) is 31.2 Å². The SMILES string of the molecule is CCOc1ccc(N2CC=C[C@@]3(C)O[C@]45C=CCN(C6CCCCC6)C(=O)C4N([C@@H](CO)CC(C)C)C(=O)[C@@H]5[C@H]3C2=O)cc1. The van der Waals surface area contributed by atoms with E-state index in [0.717, 1.165) is 37.9 Å². The molecule has 1 unspecified atom stereocenters. The first-order valence-corrected chi connectivity index (χ1v) is 16.5. The lowest BCUT2D eigenvalue weighted by molar-refractivity contribution is -0.156. The summed E-state index contributed by atoms with van der Waals surface area (Å²) in [5.41, 5.74) is -1.72. The molecule has 0 aromatic heterocycles. The molecule has 2 saturated heterocycles. The van der Waals surface area contributed by atoms with Crippen LogP contribution in [0.4, 0.5) is 5.69 Å². The molecule has 6 rings (SSSR count). The number of carbonyl (C=O) groups excluding carboxylic acids is 3. The minimum atomic E-state index is -1.33. The molecule has 9 nitrogen and oxygen atoms in total. The van der Waals surface area contributed by atoms with Gasteiger partial charge in [0.1, 0.15) is 17.4 Å². The molecule has 4 heterocycles. The first-order chi connectivity index (χ1) is 21.1. The van der Waals surface area contributed by atoms with E-state index >= 15 is 0 Å². The van der Waals surface area contributed by atoms with Gasteiger partial charge >= 0.3 is 0 Å². The third-order valence-corrected chi connectivity index (χ3v) is 10.3. The monoisotopic (exact) mass is 605 g/mol. The Balaban J connectivity index is 1.44. The third kappa shape index (κ3) is 4.96. The molecule has 5 aliphatic rings. The van der Waals surface area contributed by atoms with Crippen molar-refractivity contribution in [1.82, 2.24) is 9.80 Å². The molecule has 1 N–H and O–H groups in total. The normalized spacial score (nSPS) is 32.9. The maximum Gasteiger partial charge on any atom is 0.249 e. The molecule has 0 bridgehead atoms. The molecule has 44 heavy (non-hydrogen) atoms. The summed E-state index contributed by atoms with van der Waals surface area (Å²) < 4.78 is 12.6. The van der Waals surface area contributed by atoms with E-state index in [2.05, 4.69) is 0 Å². The number of ether oxygens (including phenoxy) is 2. The largest absolute Gasteiger partial charge is 0.494 e. The fourth-order valence-corrected chi connectivity index (χ4v) is 8.53. The van der Waals surface area contributed by atoms with Gasteiger partial charge in [-0.3, -0.25) is 14.4 Å². The Morgan fingerprint density at radius 3 is 2.32 bits per heavy atom. The lowest BCUT2D eigenvalue weighted by Gasteiger charge is -2.42. The first kappa shape index (κ1) is 30.8. The van der Waals surface area contributed by atoms with Crippen molar-refractivity contribution in [3.8, 4) is 5.75 Å². The van der Waals surface area contributed by atoms with E-state index in [1.54, 1.807) is 9.80 Å². The fourth-order valence-electron chi connectivity index (χ4n) is 8.53. The second-order valence-electron chi connectivity index (χ2n) is 13.7. The van der Waals surface area contributed by atoms with Crippen LogP contribution >= 0.6 is 0 Å². The highest BCUT2D eigenvalue weighted by Crippen LogP contribution is 2.58. The fraction of sp³-hybridized carbons (Fsp3) is 0.629. The maximum absolute atomic E-state index is 14.8. The molecule has 1 spiro atoms. The van der Waals surface area contributed by atoms with Gasteiger partial charge in [0, 0.05) is 24.8 Å². The standard InChI is InChI=1S/C35H47N3O6/c1-5-43-27-15-13-25(14-16-27)36-19-9-17-34(4)28(31(36)40)29-32(41)38(26(22-39)21-23(2)3)30-33(42)37(24-11-7-6-8-12-24)20-10-18-35(29,30)44-34/h9-10,13-18,23-24,26,28-30,39H,5-8,11-12,19-22H2,1-4H3/t26-,28+,29+,30?,34-,35+/m1/s1. The van der Waals surface area contributed by atoms with Crippen LogP contribution in [-0.2, 0) is 19.1 Å². The lowest BCUT2D eigenvalue weighted by Crippen LogP contribution is -2.60. The number of aliphatic hydroxyl groups is 1. The summed E-state index contributed by atoms with van der Waals surface area (Å²) in [5.74, 6) is -1.50. The van der Waals surface area contributed by atoms with E-state index in [4.69, 9.17) is 9.47 Å². The Bertz CT molecular complexity index is 1320. The number of anilines is 1. The molecule has 6 atom stereocenters. The smallest absolute Gasteiger partial charge is 0.249 e.